The minimum Gasteiger partial charge on any atom is -0.495 e. The van der Waals surface area contributed by atoms with Gasteiger partial charge in [-0.05, 0) is 26.0 Å². The zero-order valence-electron chi connectivity index (χ0n) is 14.3. The highest BCUT2D eigenvalue weighted by atomic mass is 19.1. The number of pyridine rings is 1. The molecular formula is C16H16FN7O2. The van der Waals surface area contributed by atoms with Crippen LogP contribution in [0, 0.1) is 19.7 Å². The number of amides is 2. The predicted octanol–water partition coefficient (Wildman–Crippen LogP) is 1.98. The normalized spacial score (nSPS) is 10.6. The lowest BCUT2D eigenvalue weighted by Gasteiger charge is -2.11. The number of urea groups is 1. The molecule has 9 nitrogen and oxygen atoms in total. The van der Waals surface area contributed by atoms with Crippen LogP contribution in [0.4, 0.5) is 15.0 Å². The molecular weight excluding hydrogens is 341 g/mol. The van der Waals surface area contributed by atoms with Crippen molar-refractivity contribution in [2.24, 2.45) is 5.73 Å². The number of hydrogen-bond donors (Lipinski definition) is 2. The molecule has 2 amide bonds. The number of halogens is 1. The minimum absolute atomic E-state index is 0.0716. The summed E-state index contributed by atoms with van der Waals surface area (Å²) in [6, 6.07) is 2.44. The molecule has 0 spiro atoms. The third kappa shape index (κ3) is 3.29. The van der Waals surface area contributed by atoms with Crippen LogP contribution in [-0.4, -0.2) is 37.9 Å². The Labute approximate surface area is 148 Å². The molecule has 3 N–H and O–H groups in total. The number of primary amides is 1. The van der Waals surface area contributed by atoms with Crippen molar-refractivity contribution in [3.8, 4) is 23.0 Å². The van der Waals surface area contributed by atoms with Crippen molar-refractivity contribution in [3.63, 3.8) is 0 Å². The predicted molar refractivity (Wildman–Crippen MR) is 91.6 cm³/mol. The lowest BCUT2D eigenvalue weighted by molar-refractivity contribution is 0.259. The summed E-state index contributed by atoms with van der Waals surface area (Å²) in [6.45, 7) is 3.61. The summed E-state index contributed by atoms with van der Waals surface area (Å²) in [7, 11) is 1.47. The number of aromatic nitrogens is 5. The first-order valence-electron chi connectivity index (χ1n) is 7.56. The Kier molecular flexibility index (Phi) is 4.48. The minimum atomic E-state index is -0.948. The summed E-state index contributed by atoms with van der Waals surface area (Å²) in [5.41, 5.74) is 6.88. The van der Waals surface area contributed by atoms with Crippen LogP contribution >= 0.6 is 0 Å². The number of nitrogens with zero attached hydrogens (tertiary/aromatic N) is 5. The van der Waals surface area contributed by atoms with E-state index in [1.165, 1.54) is 24.2 Å². The molecule has 0 radical (unpaired) electrons. The second kappa shape index (κ2) is 6.75. The highest BCUT2D eigenvalue weighted by molar-refractivity contribution is 5.87. The number of aryl methyl sites for hydroxylation is 2. The Morgan fingerprint density at radius 3 is 2.65 bits per heavy atom. The zero-order valence-corrected chi connectivity index (χ0v) is 14.3. The van der Waals surface area contributed by atoms with Crippen LogP contribution in [0.5, 0.6) is 5.75 Å². The van der Waals surface area contributed by atoms with E-state index in [0.29, 0.717) is 11.3 Å². The van der Waals surface area contributed by atoms with Crippen molar-refractivity contribution in [2.75, 3.05) is 12.4 Å². The summed E-state index contributed by atoms with van der Waals surface area (Å²) >= 11 is 0. The van der Waals surface area contributed by atoms with Crippen LogP contribution in [0.2, 0.25) is 0 Å². The fraction of sp³-hybridized carbons (Fsp3) is 0.188. The van der Waals surface area contributed by atoms with E-state index in [2.05, 4.69) is 25.4 Å². The maximum absolute atomic E-state index is 14.9. The monoisotopic (exact) mass is 357 g/mol. The van der Waals surface area contributed by atoms with Crippen molar-refractivity contribution in [1.82, 2.24) is 24.7 Å². The van der Waals surface area contributed by atoms with Gasteiger partial charge in [-0.3, -0.25) is 10.3 Å². The lowest BCUT2D eigenvalue weighted by Crippen LogP contribution is -2.22. The average molecular weight is 357 g/mol. The molecule has 0 saturated carbocycles. The van der Waals surface area contributed by atoms with E-state index in [0.717, 1.165) is 11.4 Å². The molecule has 0 bridgehead atoms. The molecule has 0 aliphatic carbocycles. The molecule has 0 fully saturated rings. The third-order valence-corrected chi connectivity index (χ3v) is 3.50. The number of methoxy groups -OCH3 is 1. The van der Waals surface area contributed by atoms with Gasteiger partial charge in [-0.25, -0.2) is 18.9 Å². The van der Waals surface area contributed by atoms with E-state index in [1.807, 2.05) is 13.0 Å². The number of nitrogens with two attached hydrogens (primary N) is 1. The van der Waals surface area contributed by atoms with Gasteiger partial charge < -0.3 is 10.5 Å². The Bertz CT molecular complexity index is 987. The van der Waals surface area contributed by atoms with Gasteiger partial charge in [0.2, 0.25) is 0 Å². The molecule has 0 saturated heterocycles. The number of carbonyl (C=O) groups is 1. The Hall–Kier alpha value is -3.56. The van der Waals surface area contributed by atoms with E-state index in [-0.39, 0.29) is 17.5 Å². The van der Waals surface area contributed by atoms with E-state index in [4.69, 9.17) is 10.5 Å². The Morgan fingerprint density at radius 1 is 1.27 bits per heavy atom. The molecule has 10 heteroatoms. The van der Waals surface area contributed by atoms with Gasteiger partial charge in [0, 0.05) is 17.5 Å². The van der Waals surface area contributed by atoms with Gasteiger partial charge in [-0.2, -0.15) is 10.1 Å². The van der Waals surface area contributed by atoms with E-state index >= 15 is 0 Å². The second-order valence-corrected chi connectivity index (χ2v) is 5.48. The van der Waals surface area contributed by atoms with E-state index < -0.39 is 11.8 Å². The zero-order chi connectivity index (χ0) is 18.8. The summed E-state index contributed by atoms with van der Waals surface area (Å²) in [5, 5.41) is 6.45. The smallest absolute Gasteiger partial charge is 0.317 e. The molecule has 0 aliphatic heterocycles. The lowest BCUT2D eigenvalue weighted by atomic mass is 10.2. The van der Waals surface area contributed by atoms with Crippen molar-refractivity contribution < 1.29 is 13.9 Å². The van der Waals surface area contributed by atoms with Gasteiger partial charge in [0.1, 0.15) is 11.4 Å². The van der Waals surface area contributed by atoms with Gasteiger partial charge in [-0.1, -0.05) is 0 Å². The maximum Gasteiger partial charge on any atom is 0.317 e. The van der Waals surface area contributed by atoms with Crippen molar-refractivity contribution >= 4 is 11.8 Å². The van der Waals surface area contributed by atoms with Gasteiger partial charge in [0.25, 0.3) is 5.95 Å². The van der Waals surface area contributed by atoms with E-state index in [9.17, 15) is 9.18 Å². The highest BCUT2D eigenvalue weighted by Gasteiger charge is 2.20. The number of ether oxygens (including phenoxy) is 1. The van der Waals surface area contributed by atoms with Crippen LogP contribution in [0.1, 0.15) is 11.4 Å². The van der Waals surface area contributed by atoms with Crippen LogP contribution in [-0.2, 0) is 0 Å². The number of carbonyl (C=O) groups excluding carboxylic acids is 1. The Balaban J connectivity index is 2.23. The van der Waals surface area contributed by atoms with Gasteiger partial charge >= 0.3 is 6.03 Å². The standard InChI is InChI=1S/C16H16FN7O2/c1-8-4-9(2)24(23-8)16-20-13(10-5-11(26-3)7-19-6-10)12(17)14(22-16)21-15(18)25/h4-7H,1-3H3,(H3,18,20,21,22,25). The molecule has 3 heterocycles. The molecule has 0 atom stereocenters. The largest absolute Gasteiger partial charge is 0.495 e. The van der Waals surface area contributed by atoms with Crippen molar-refractivity contribution in [1.29, 1.82) is 0 Å². The van der Waals surface area contributed by atoms with Crippen LogP contribution < -0.4 is 15.8 Å². The molecule has 0 aromatic carbocycles. The van der Waals surface area contributed by atoms with Gasteiger partial charge in [0.05, 0.1) is 19.0 Å². The quantitative estimate of drug-likeness (QED) is 0.736. The topological polar surface area (TPSA) is 121 Å². The number of nitrogens with one attached hydrogen (secondary N) is 1. The summed E-state index contributed by atoms with van der Waals surface area (Å²) in [5.74, 6) is -0.687. The molecule has 3 aromatic rings. The molecule has 0 aliphatic rings. The molecule has 0 unspecified atom stereocenters. The maximum atomic E-state index is 14.9. The van der Waals surface area contributed by atoms with Crippen molar-refractivity contribution in [3.05, 3.63) is 41.7 Å². The summed E-state index contributed by atoms with van der Waals surface area (Å²) in [4.78, 5) is 23.5. The molecule has 3 aromatic heterocycles. The van der Waals surface area contributed by atoms with Crippen LogP contribution in [0.3, 0.4) is 0 Å². The molecule has 134 valence electrons. The second-order valence-electron chi connectivity index (χ2n) is 5.48. The first-order chi connectivity index (χ1) is 12.4. The Morgan fingerprint density at radius 2 is 2.04 bits per heavy atom. The van der Waals surface area contributed by atoms with Crippen molar-refractivity contribution in [2.45, 2.75) is 13.8 Å². The van der Waals surface area contributed by atoms with Gasteiger partial charge in [0.15, 0.2) is 11.6 Å². The molecule has 3 rings (SSSR count). The fourth-order valence-electron chi connectivity index (χ4n) is 2.41. The van der Waals surface area contributed by atoms with Gasteiger partial charge in [-0.15, -0.1) is 0 Å². The van der Waals surface area contributed by atoms with Crippen LogP contribution in [0.15, 0.2) is 24.5 Å². The molecule has 26 heavy (non-hydrogen) atoms. The number of rotatable bonds is 4. The first kappa shape index (κ1) is 17.3. The summed E-state index contributed by atoms with van der Waals surface area (Å²) < 4.78 is 21.4. The highest BCUT2D eigenvalue weighted by Crippen LogP contribution is 2.28. The third-order valence-electron chi connectivity index (χ3n) is 3.50. The fourth-order valence-corrected chi connectivity index (χ4v) is 2.41. The first-order valence-corrected chi connectivity index (χ1v) is 7.56. The average Bonchev–Trinajstić information content (AvgIpc) is 2.94. The van der Waals surface area contributed by atoms with E-state index in [1.54, 1.807) is 13.0 Å². The number of hydrogen-bond acceptors (Lipinski definition) is 6. The SMILES string of the molecule is COc1cncc(-c2nc(-n3nc(C)cc3C)nc(NC(N)=O)c2F)c1. The summed E-state index contributed by atoms with van der Waals surface area (Å²) in [6.07, 6.45) is 2.90. The number of anilines is 1. The van der Waals surface area contributed by atoms with Crippen LogP contribution in [0.25, 0.3) is 17.2 Å².